The molecule has 2 rings (SSSR count). The number of carboxylic acid groups (broad SMARTS) is 1. The van der Waals surface area contributed by atoms with Crippen molar-refractivity contribution in [1.82, 2.24) is 5.32 Å². The first-order valence-corrected chi connectivity index (χ1v) is 8.82. The zero-order valence-corrected chi connectivity index (χ0v) is 16.2. The van der Waals surface area contributed by atoms with Crippen molar-refractivity contribution in [2.75, 3.05) is 21.3 Å². The quantitative estimate of drug-likeness (QED) is 0.651. The van der Waals surface area contributed by atoms with Gasteiger partial charge in [-0.2, -0.15) is 0 Å². The van der Waals surface area contributed by atoms with Gasteiger partial charge in [0.05, 0.1) is 33.8 Å². The molecule has 1 amide bonds. The van der Waals surface area contributed by atoms with Crippen LogP contribution >= 0.6 is 0 Å². The maximum Gasteiger partial charge on any atom is 0.305 e. The van der Waals surface area contributed by atoms with Gasteiger partial charge in [-0.25, -0.2) is 0 Å². The van der Waals surface area contributed by atoms with E-state index < -0.39 is 12.0 Å². The minimum Gasteiger partial charge on any atom is -0.497 e. The lowest BCUT2D eigenvalue weighted by atomic mass is 10.0. The second kappa shape index (κ2) is 10.2. The van der Waals surface area contributed by atoms with Crippen molar-refractivity contribution in [2.45, 2.75) is 25.3 Å². The van der Waals surface area contributed by atoms with E-state index in [0.717, 1.165) is 5.56 Å². The maximum absolute atomic E-state index is 12.4. The molecular formula is C21H25NO6. The largest absolute Gasteiger partial charge is 0.497 e. The Kier molecular flexibility index (Phi) is 7.68. The molecule has 0 aliphatic heterocycles. The fraction of sp³-hybridized carbons (Fsp3) is 0.333. The Hall–Kier alpha value is -3.22. The van der Waals surface area contributed by atoms with E-state index >= 15 is 0 Å². The summed E-state index contributed by atoms with van der Waals surface area (Å²) in [5.74, 6) is 0.676. The minimum atomic E-state index is -0.985. The summed E-state index contributed by atoms with van der Waals surface area (Å²) in [5, 5.41) is 12.0. The highest BCUT2D eigenvalue weighted by Gasteiger charge is 2.18. The SMILES string of the molecule is COc1ccc(C(CC(=O)O)NC(=O)CCc2ccc(OC)c(OC)c2)cc1. The van der Waals surface area contributed by atoms with Crippen LogP contribution in [0.3, 0.4) is 0 Å². The Balaban J connectivity index is 2.02. The Morgan fingerprint density at radius 2 is 1.64 bits per heavy atom. The molecule has 1 atom stereocenters. The third-order valence-corrected chi connectivity index (χ3v) is 4.32. The van der Waals surface area contributed by atoms with Crippen LogP contribution in [0.15, 0.2) is 42.5 Å². The number of methoxy groups -OCH3 is 3. The van der Waals surface area contributed by atoms with Crippen molar-refractivity contribution >= 4 is 11.9 Å². The standard InChI is InChI=1S/C21H25NO6/c1-26-16-8-6-15(7-9-16)17(13-21(24)25)22-20(23)11-5-14-4-10-18(27-2)19(12-14)28-3/h4,6-10,12,17H,5,11,13H2,1-3H3,(H,22,23)(H,24,25). The van der Waals surface area contributed by atoms with Gasteiger partial charge in [-0.1, -0.05) is 18.2 Å². The number of hydrogen-bond donors (Lipinski definition) is 2. The van der Waals surface area contributed by atoms with E-state index in [1.165, 1.54) is 0 Å². The van der Waals surface area contributed by atoms with Crippen molar-refractivity contribution in [2.24, 2.45) is 0 Å². The number of aryl methyl sites for hydroxylation is 1. The lowest BCUT2D eigenvalue weighted by molar-refractivity contribution is -0.137. The topological polar surface area (TPSA) is 94.1 Å². The number of hydrogen-bond acceptors (Lipinski definition) is 5. The van der Waals surface area contributed by atoms with E-state index in [4.69, 9.17) is 14.2 Å². The minimum absolute atomic E-state index is 0.200. The number of carbonyl (C=O) groups excluding carboxylic acids is 1. The van der Waals surface area contributed by atoms with Gasteiger partial charge in [-0.05, 0) is 41.8 Å². The van der Waals surface area contributed by atoms with Crippen LogP contribution in [-0.4, -0.2) is 38.3 Å². The number of carboxylic acids is 1. The molecule has 0 fully saturated rings. The normalized spacial score (nSPS) is 11.4. The number of rotatable bonds is 10. The number of nitrogens with one attached hydrogen (secondary N) is 1. The number of ether oxygens (including phenoxy) is 3. The van der Waals surface area contributed by atoms with Crippen LogP contribution in [0.25, 0.3) is 0 Å². The molecule has 150 valence electrons. The van der Waals surface area contributed by atoms with Gasteiger partial charge >= 0.3 is 5.97 Å². The molecule has 2 aromatic rings. The Bertz CT molecular complexity index is 803. The van der Waals surface area contributed by atoms with E-state index in [1.54, 1.807) is 51.7 Å². The average molecular weight is 387 g/mol. The summed E-state index contributed by atoms with van der Waals surface area (Å²) >= 11 is 0. The molecule has 28 heavy (non-hydrogen) atoms. The summed E-state index contributed by atoms with van der Waals surface area (Å²) in [6, 6.07) is 11.8. The molecule has 7 nitrogen and oxygen atoms in total. The van der Waals surface area contributed by atoms with E-state index in [1.807, 2.05) is 12.1 Å². The predicted octanol–water partition coefficient (Wildman–Crippen LogP) is 2.98. The highest BCUT2D eigenvalue weighted by Crippen LogP contribution is 2.28. The molecule has 0 radical (unpaired) electrons. The van der Waals surface area contributed by atoms with Crippen LogP contribution < -0.4 is 19.5 Å². The summed E-state index contributed by atoms with van der Waals surface area (Å²) in [4.78, 5) is 23.6. The van der Waals surface area contributed by atoms with Crippen molar-refractivity contribution in [3.63, 3.8) is 0 Å². The van der Waals surface area contributed by atoms with E-state index in [2.05, 4.69) is 5.32 Å². The molecule has 7 heteroatoms. The average Bonchev–Trinajstić information content (AvgIpc) is 2.71. The Labute approximate surface area is 164 Å². The van der Waals surface area contributed by atoms with Gasteiger partial charge in [0.25, 0.3) is 0 Å². The predicted molar refractivity (Wildman–Crippen MR) is 104 cm³/mol. The first kappa shape index (κ1) is 21.1. The highest BCUT2D eigenvalue weighted by molar-refractivity contribution is 5.78. The van der Waals surface area contributed by atoms with Gasteiger partial charge in [0.2, 0.25) is 5.91 Å². The van der Waals surface area contributed by atoms with Gasteiger partial charge in [0.1, 0.15) is 5.75 Å². The molecule has 0 spiro atoms. The zero-order valence-electron chi connectivity index (χ0n) is 16.2. The Morgan fingerprint density at radius 1 is 0.964 bits per heavy atom. The van der Waals surface area contributed by atoms with E-state index in [0.29, 0.717) is 29.2 Å². The second-order valence-corrected chi connectivity index (χ2v) is 6.18. The summed E-state index contributed by atoms with van der Waals surface area (Å²) in [5.41, 5.74) is 1.63. The van der Waals surface area contributed by atoms with Crippen molar-refractivity contribution in [3.05, 3.63) is 53.6 Å². The van der Waals surface area contributed by atoms with E-state index in [9.17, 15) is 14.7 Å². The number of carbonyl (C=O) groups is 2. The summed E-state index contributed by atoms with van der Waals surface area (Å²) < 4.78 is 15.6. The van der Waals surface area contributed by atoms with Gasteiger partial charge in [-0.3, -0.25) is 9.59 Å². The van der Waals surface area contributed by atoms with Gasteiger partial charge < -0.3 is 24.6 Å². The summed E-state index contributed by atoms with van der Waals surface area (Å²) in [6.07, 6.45) is 0.519. The molecule has 0 bridgehead atoms. The first-order chi connectivity index (χ1) is 13.5. The molecule has 0 aliphatic carbocycles. The molecular weight excluding hydrogens is 362 g/mol. The van der Waals surface area contributed by atoms with Gasteiger partial charge in [-0.15, -0.1) is 0 Å². The molecule has 0 saturated heterocycles. The van der Waals surface area contributed by atoms with Gasteiger partial charge in [0, 0.05) is 6.42 Å². The first-order valence-electron chi connectivity index (χ1n) is 8.82. The fourth-order valence-electron chi connectivity index (χ4n) is 2.82. The van der Waals surface area contributed by atoms with Crippen molar-refractivity contribution in [3.8, 4) is 17.2 Å². The van der Waals surface area contributed by atoms with Crippen LogP contribution in [0.4, 0.5) is 0 Å². The number of benzene rings is 2. The second-order valence-electron chi connectivity index (χ2n) is 6.18. The zero-order chi connectivity index (χ0) is 20.5. The van der Waals surface area contributed by atoms with Crippen LogP contribution in [0, 0.1) is 0 Å². The van der Waals surface area contributed by atoms with Crippen LogP contribution in [0.1, 0.15) is 30.0 Å². The van der Waals surface area contributed by atoms with Crippen LogP contribution in [-0.2, 0) is 16.0 Å². The van der Waals surface area contributed by atoms with Crippen LogP contribution in [0.5, 0.6) is 17.2 Å². The summed E-state index contributed by atoms with van der Waals surface area (Å²) in [6.45, 7) is 0. The lowest BCUT2D eigenvalue weighted by Gasteiger charge is -2.18. The molecule has 1 unspecified atom stereocenters. The summed E-state index contributed by atoms with van der Waals surface area (Å²) in [7, 11) is 4.67. The molecule has 0 heterocycles. The Morgan fingerprint density at radius 3 is 2.21 bits per heavy atom. The number of aliphatic carboxylic acids is 1. The smallest absolute Gasteiger partial charge is 0.305 e. The molecule has 2 N–H and O–H groups in total. The number of amides is 1. The maximum atomic E-state index is 12.4. The van der Waals surface area contributed by atoms with Gasteiger partial charge in [0.15, 0.2) is 11.5 Å². The highest BCUT2D eigenvalue weighted by atomic mass is 16.5. The monoisotopic (exact) mass is 387 g/mol. The third kappa shape index (κ3) is 5.90. The molecule has 0 aliphatic rings. The van der Waals surface area contributed by atoms with Crippen molar-refractivity contribution in [1.29, 1.82) is 0 Å². The van der Waals surface area contributed by atoms with Crippen molar-refractivity contribution < 1.29 is 28.9 Å². The van der Waals surface area contributed by atoms with Crippen LogP contribution in [0.2, 0.25) is 0 Å². The molecule has 0 aromatic heterocycles. The lowest BCUT2D eigenvalue weighted by Crippen LogP contribution is -2.30. The molecule has 2 aromatic carbocycles. The van der Waals surface area contributed by atoms with E-state index in [-0.39, 0.29) is 18.7 Å². The fourth-order valence-corrected chi connectivity index (χ4v) is 2.82. The third-order valence-electron chi connectivity index (χ3n) is 4.32. The molecule has 0 saturated carbocycles.